The zero-order valence-corrected chi connectivity index (χ0v) is 15.7. The zero-order chi connectivity index (χ0) is 21.0. The van der Waals surface area contributed by atoms with Gasteiger partial charge in [0.15, 0.2) is 5.52 Å². The molecule has 0 saturated heterocycles. The summed E-state index contributed by atoms with van der Waals surface area (Å²) in [6.45, 7) is 0.389. The number of aromatic nitrogens is 4. The highest BCUT2D eigenvalue weighted by molar-refractivity contribution is 5.89. The van der Waals surface area contributed by atoms with Crippen molar-refractivity contribution in [2.24, 2.45) is 19.2 Å². The molecule has 0 aliphatic heterocycles. The molecular weight excluding hydrogens is 378 g/mol. The number of fused-ring (bicyclic) bond motifs is 1. The topological polar surface area (TPSA) is 137 Å². The number of carbonyl (C=O) groups is 1. The maximum atomic E-state index is 12.1. The van der Waals surface area contributed by atoms with Gasteiger partial charge in [0, 0.05) is 31.2 Å². The molecular formula is C18H17N7O4. The molecule has 1 aromatic carbocycles. The fraction of sp³-hybridized carbons (Fsp3) is 0.222. The lowest BCUT2D eigenvalue weighted by atomic mass is 10.2. The van der Waals surface area contributed by atoms with Crippen molar-refractivity contribution >= 4 is 22.8 Å². The quantitative estimate of drug-likeness (QED) is 0.206. The van der Waals surface area contributed by atoms with Gasteiger partial charge < -0.3 is 9.30 Å². The molecule has 0 saturated carbocycles. The lowest BCUT2D eigenvalue weighted by Crippen LogP contribution is -2.37. The van der Waals surface area contributed by atoms with Gasteiger partial charge in [-0.05, 0) is 23.7 Å². The highest BCUT2D eigenvalue weighted by Gasteiger charge is 2.13. The molecule has 29 heavy (non-hydrogen) atoms. The lowest BCUT2D eigenvalue weighted by Gasteiger charge is -2.06. The Bertz CT molecular complexity index is 1260. The molecule has 148 valence electrons. The summed E-state index contributed by atoms with van der Waals surface area (Å²) in [5.41, 5.74) is 8.84. The van der Waals surface area contributed by atoms with Crippen LogP contribution in [0.15, 0.2) is 57.4 Å². The van der Waals surface area contributed by atoms with E-state index in [1.807, 2.05) is 0 Å². The van der Waals surface area contributed by atoms with Gasteiger partial charge in [0.05, 0.1) is 11.9 Å². The molecule has 2 aromatic heterocycles. The standard InChI is InChI=1S/C18H17N7O4/c1-23-15-14(16(26)24(2)18(23)28)20-11-25(15)9-3-4-10-29-17(27)12-5-7-13(8-6-12)21-22-19/h3-8,11H,9-10H2,1-2H3/b4-3-. The van der Waals surface area contributed by atoms with Crippen molar-refractivity contribution in [3.63, 3.8) is 0 Å². The molecule has 0 atom stereocenters. The Morgan fingerprint density at radius 3 is 2.62 bits per heavy atom. The molecule has 0 spiro atoms. The van der Waals surface area contributed by atoms with Gasteiger partial charge in [-0.2, -0.15) is 0 Å². The third-order valence-corrected chi connectivity index (χ3v) is 4.25. The Morgan fingerprint density at radius 2 is 1.93 bits per heavy atom. The predicted molar refractivity (Wildman–Crippen MR) is 105 cm³/mol. The van der Waals surface area contributed by atoms with E-state index in [1.165, 1.54) is 42.2 Å². The predicted octanol–water partition coefficient (Wildman–Crippen LogP) is 1.79. The summed E-state index contributed by atoms with van der Waals surface area (Å²) < 4.78 is 9.17. The second-order valence-corrected chi connectivity index (χ2v) is 6.08. The third-order valence-electron chi connectivity index (χ3n) is 4.25. The smallest absolute Gasteiger partial charge is 0.338 e. The van der Waals surface area contributed by atoms with Crippen molar-refractivity contribution < 1.29 is 9.53 Å². The number of carbonyl (C=O) groups excluding carboxylic acids is 1. The highest BCUT2D eigenvalue weighted by Crippen LogP contribution is 2.13. The van der Waals surface area contributed by atoms with Crippen molar-refractivity contribution in [2.75, 3.05) is 6.61 Å². The largest absolute Gasteiger partial charge is 0.458 e. The van der Waals surface area contributed by atoms with Crippen LogP contribution in [0.5, 0.6) is 0 Å². The number of azide groups is 1. The summed E-state index contributed by atoms with van der Waals surface area (Å²) in [7, 11) is 2.97. The molecule has 3 rings (SSSR count). The van der Waals surface area contributed by atoms with E-state index in [2.05, 4.69) is 15.0 Å². The number of imidazole rings is 1. The van der Waals surface area contributed by atoms with Gasteiger partial charge in [-0.15, -0.1) is 0 Å². The van der Waals surface area contributed by atoms with E-state index >= 15 is 0 Å². The average molecular weight is 395 g/mol. The number of nitrogens with zero attached hydrogens (tertiary/aromatic N) is 7. The summed E-state index contributed by atoms with van der Waals surface area (Å²) in [5.74, 6) is -0.513. The maximum absolute atomic E-state index is 12.1. The molecule has 0 fully saturated rings. The van der Waals surface area contributed by atoms with Crippen LogP contribution < -0.4 is 11.2 Å². The summed E-state index contributed by atoms with van der Waals surface area (Å²) in [6.07, 6.45) is 4.87. The molecule has 2 heterocycles. The van der Waals surface area contributed by atoms with Crippen LogP contribution in [-0.4, -0.2) is 31.3 Å². The van der Waals surface area contributed by atoms with E-state index in [4.69, 9.17) is 10.3 Å². The van der Waals surface area contributed by atoms with E-state index in [0.717, 1.165) is 4.57 Å². The summed E-state index contributed by atoms with van der Waals surface area (Å²) >= 11 is 0. The van der Waals surface area contributed by atoms with E-state index in [9.17, 15) is 14.4 Å². The Morgan fingerprint density at radius 1 is 1.21 bits per heavy atom. The first-order chi connectivity index (χ1) is 13.9. The number of esters is 1. The van der Waals surface area contributed by atoms with Crippen LogP contribution in [0.3, 0.4) is 0 Å². The Kier molecular flexibility index (Phi) is 5.61. The van der Waals surface area contributed by atoms with Gasteiger partial charge in [-0.1, -0.05) is 23.3 Å². The van der Waals surface area contributed by atoms with E-state index in [1.54, 1.807) is 23.8 Å². The minimum atomic E-state index is -0.513. The van der Waals surface area contributed by atoms with Crippen LogP contribution in [0.1, 0.15) is 10.4 Å². The molecule has 0 aliphatic carbocycles. The SMILES string of the molecule is Cn1c(=O)c2ncn(C/C=C\COC(=O)c3ccc(N=[N+]=[N-])cc3)c2n(C)c1=O. The Labute approximate surface area is 163 Å². The van der Waals surface area contributed by atoms with E-state index in [0.29, 0.717) is 23.4 Å². The molecule has 0 radical (unpaired) electrons. The minimum absolute atomic E-state index is 0.0459. The van der Waals surface area contributed by atoms with Crippen LogP contribution in [0.25, 0.3) is 21.6 Å². The molecule has 3 aromatic rings. The Hall–Kier alpha value is -4.11. The number of rotatable bonds is 6. The number of ether oxygens (including phenoxy) is 1. The normalized spacial score (nSPS) is 11.0. The number of aryl methyl sites for hydroxylation is 1. The molecule has 11 nitrogen and oxygen atoms in total. The summed E-state index contributed by atoms with van der Waals surface area (Å²) in [6, 6.07) is 6.05. The van der Waals surface area contributed by atoms with Crippen molar-refractivity contribution in [3.05, 3.63) is 79.6 Å². The summed E-state index contributed by atoms with van der Waals surface area (Å²) in [5, 5.41) is 3.43. The van der Waals surface area contributed by atoms with Crippen molar-refractivity contribution in [2.45, 2.75) is 6.54 Å². The van der Waals surface area contributed by atoms with Gasteiger partial charge in [-0.25, -0.2) is 14.6 Å². The minimum Gasteiger partial charge on any atom is -0.458 e. The molecule has 0 bridgehead atoms. The second kappa shape index (κ2) is 8.28. The van der Waals surface area contributed by atoms with E-state index < -0.39 is 17.2 Å². The van der Waals surface area contributed by atoms with Gasteiger partial charge in [0.25, 0.3) is 5.56 Å². The molecule has 0 amide bonds. The van der Waals surface area contributed by atoms with Crippen LogP contribution in [0.4, 0.5) is 5.69 Å². The summed E-state index contributed by atoms with van der Waals surface area (Å²) in [4.78, 5) is 43.0. The fourth-order valence-corrected chi connectivity index (χ4v) is 2.75. The Balaban J connectivity index is 1.64. The van der Waals surface area contributed by atoms with Gasteiger partial charge in [0.2, 0.25) is 0 Å². The highest BCUT2D eigenvalue weighted by atomic mass is 16.5. The average Bonchev–Trinajstić information content (AvgIpc) is 3.15. The maximum Gasteiger partial charge on any atom is 0.338 e. The van der Waals surface area contributed by atoms with Crippen LogP contribution >= 0.6 is 0 Å². The number of hydrogen-bond acceptors (Lipinski definition) is 6. The van der Waals surface area contributed by atoms with Crippen molar-refractivity contribution in [1.29, 1.82) is 0 Å². The number of hydrogen-bond donors (Lipinski definition) is 0. The molecule has 0 aliphatic rings. The first-order valence-corrected chi connectivity index (χ1v) is 8.52. The fourth-order valence-electron chi connectivity index (χ4n) is 2.75. The second-order valence-electron chi connectivity index (χ2n) is 6.08. The van der Waals surface area contributed by atoms with Gasteiger partial charge in [-0.3, -0.25) is 13.9 Å². The van der Waals surface area contributed by atoms with Crippen LogP contribution in [0, 0.1) is 0 Å². The first-order valence-electron chi connectivity index (χ1n) is 8.52. The van der Waals surface area contributed by atoms with Crippen LogP contribution in [0.2, 0.25) is 0 Å². The zero-order valence-electron chi connectivity index (χ0n) is 15.7. The molecule has 0 unspecified atom stereocenters. The number of benzene rings is 1. The monoisotopic (exact) mass is 395 g/mol. The number of allylic oxidation sites excluding steroid dienone is 1. The molecule has 11 heteroatoms. The van der Waals surface area contributed by atoms with Gasteiger partial charge >= 0.3 is 11.7 Å². The third kappa shape index (κ3) is 3.94. The van der Waals surface area contributed by atoms with E-state index in [-0.39, 0.29) is 12.1 Å². The lowest BCUT2D eigenvalue weighted by molar-refractivity contribution is 0.0549. The first kappa shape index (κ1) is 19.6. The van der Waals surface area contributed by atoms with Crippen molar-refractivity contribution in [1.82, 2.24) is 18.7 Å². The van der Waals surface area contributed by atoms with Gasteiger partial charge in [0.1, 0.15) is 12.3 Å². The molecule has 0 N–H and O–H groups in total. The van der Waals surface area contributed by atoms with Crippen molar-refractivity contribution in [3.8, 4) is 0 Å². The van der Waals surface area contributed by atoms with Crippen LogP contribution in [-0.2, 0) is 25.4 Å².